The normalized spacial score (nSPS) is 29.3. The molecule has 1 saturated heterocycles. The van der Waals surface area contributed by atoms with Crippen molar-refractivity contribution < 1.29 is 43.2 Å². The second-order valence-corrected chi connectivity index (χ2v) is 5.24. The van der Waals surface area contributed by atoms with Gasteiger partial charge in [0, 0.05) is 27.7 Å². The molecule has 10 heteroatoms. The molecule has 136 valence electrons. The molecule has 0 bridgehead atoms. The number of nitrogens with one attached hydrogen (secondary N) is 1. The van der Waals surface area contributed by atoms with Crippen molar-refractivity contribution >= 4 is 23.8 Å². The Bertz CT molecular complexity index is 506. The van der Waals surface area contributed by atoms with E-state index in [4.69, 9.17) is 18.9 Å². The van der Waals surface area contributed by atoms with Crippen LogP contribution < -0.4 is 5.32 Å². The Balaban J connectivity index is 3.11. The minimum absolute atomic E-state index is 0.338. The number of hydrogen-bond donors (Lipinski definition) is 2. The Labute approximate surface area is 138 Å². The van der Waals surface area contributed by atoms with E-state index < -0.39 is 54.5 Å². The van der Waals surface area contributed by atoms with Crippen molar-refractivity contribution in [1.29, 1.82) is 0 Å². The van der Waals surface area contributed by atoms with Gasteiger partial charge in [-0.25, -0.2) is 0 Å². The van der Waals surface area contributed by atoms with Crippen molar-refractivity contribution in [2.45, 2.75) is 58.3 Å². The molecule has 0 aromatic rings. The highest BCUT2D eigenvalue weighted by atomic mass is 16.7. The zero-order valence-electron chi connectivity index (χ0n) is 13.8. The first-order valence-corrected chi connectivity index (χ1v) is 7.20. The first-order valence-electron chi connectivity index (χ1n) is 7.20. The van der Waals surface area contributed by atoms with Crippen molar-refractivity contribution in [3.63, 3.8) is 0 Å². The van der Waals surface area contributed by atoms with Gasteiger partial charge in [0.05, 0.1) is 0 Å². The largest absolute Gasteiger partial charge is 0.463 e. The number of hydrogen-bond acceptors (Lipinski definition) is 9. The van der Waals surface area contributed by atoms with Crippen LogP contribution in [-0.4, -0.2) is 66.2 Å². The third-order valence-electron chi connectivity index (χ3n) is 3.09. The summed E-state index contributed by atoms with van der Waals surface area (Å²) in [6.45, 7) is 4.28. The number of amides is 1. The van der Waals surface area contributed by atoms with Crippen molar-refractivity contribution in [3.8, 4) is 0 Å². The Morgan fingerprint density at radius 3 is 1.96 bits per heavy atom. The fraction of sp³-hybridized carbons (Fsp3) is 0.714. The SMILES string of the molecule is CC(=O)N[C@@H]1[C@H](OC(C)=O)[C@@H](OC(C)=O)[C@H](COC(C)=O)O[C@H]1O. The van der Waals surface area contributed by atoms with E-state index in [2.05, 4.69) is 5.32 Å². The zero-order chi connectivity index (χ0) is 18.4. The number of ether oxygens (including phenoxy) is 4. The molecule has 0 unspecified atom stereocenters. The van der Waals surface area contributed by atoms with E-state index in [1.165, 1.54) is 13.8 Å². The van der Waals surface area contributed by atoms with Crippen LogP contribution in [0, 0.1) is 0 Å². The molecule has 1 aliphatic heterocycles. The van der Waals surface area contributed by atoms with Crippen LogP contribution in [0.25, 0.3) is 0 Å². The zero-order valence-corrected chi connectivity index (χ0v) is 13.8. The molecular formula is C14H21NO9. The van der Waals surface area contributed by atoms with Gasteiger partial charge in [0.15, 0.2) is 18.5 Å². The first kappa shape index (κ1) is 19.8. The van der Waals surface area contributed by atoms with Crippen LogP contribution in [-0.2, 0) is 38.1 Å². The summed E-state index contributed by atoms with van der Waals surface area (Å²) >= 11 is 0. The van der Waals surface area contributed by atoms with Gasteiger partial charge in [-0.2, -0.15) is 0 Å². The van der Waals surface area contributed by atoms with E-state index in [1.807, 2.05) is 0 Å². The van der Waals surface area contributed by atoms with Gasteiger partial charge in [0.1, 0.15) is 18.8 Å². The summed E-state index contributed by atoms with van der Waals surface area (Å²) in [4.78, 5) is 45.0. The van der Waals surface area contributed by atoms with Crippen LogP contribution in [0.3, 0.4) is 0 Å². The summed E-state index contributed by atoms with van der Waals surface area (Å²) in [5.74, 6) is -2.54. The number of aliphatic hydroxyl groups is 1. The van der Waals surface area contributed by atoms with Crippen LogP contribution in [0.5, 0.6) is 0 Å². The standard InChI is InChI=1S/C14H21NO9/c1-6(16)15-11-13(23-9(4)19)12(22-8(3)18)10(24-14(11)20)5-21-7(2)17/h10-14,20H,5H2,1-4H3,(H,15,16)/t10-,11+,12-,13-,14+/m0/s1. The van der Waals surface area contributed by atoms with Gasteiger partial charge in [0.25, 0.3) is 0 Å². The van der Waals surface area contributed by atoms with Gasteiger partial charge in [-0.05, 0) is 0 Å². The molecule has 2 N–H and O–H groups in total. The van der Waals surface area contributed by atoms with E-state index in [9.17, 15) is 24.3 Å². The van der Waals surface area contributed by atoms with E-state index in [-0.39, 0.29) is 6.61 Å². The molecule has 0 aromatic heterocycles. The van der Waals surface area contributed by atoms with Crippen molar-refractivity contribution in [1.82, 2.24) is 5.32 Å². The van der Waals surface area contributed by atoms with E-state index >= 15 is 0 Å². The monoisotopic (exact) mass is 347 g/mol. The number of carbonyl (C=O) groups excluding carboxylic acids is 4. The molecule has 1 heterocycles. The topological polar surface area (TPSA) is 137 Å². The van der Waals surface area contributed by atoms with Gasteiger partial charge in [-0.3, -0.25) is 19.2 Å². The van der Waals surface area contributed by atoms with Gasteiger partial charge < -0.3 is 29.4 Å². The van der Waals surface area contributed by atoms with Gasteiger partial charge in [-0.1, -0.05) is 0 Å². The van der Waals surface area contributed by atoms with E-state index in [1.54, 1.807) is 0 Å². The summed E-state index contributed by atoms with van der Waals surface area (Å²) in [6.07, 6.45) is -5.06. The molecule has 10 nitrogen and oxygen atoms in total. The van der Waals surface area contributed by atoms with Gasteiger partial charge in [-0.15, -0.1) is 0 Å². The lowest BCUT2D eigenvalue weighted by Crippen LogP contribution is -2.66. The van der Waals surface area contributed by atoms with E-state index in [0.717, 1.165) is 13.8 Å². The lowest BCUT2D eigenvalue weighted by atomic mass is 9.96. The maximum atomic E-state index is 11.4. The summed E-state index contributed by atoms with van der Waals surface area (Å²) in [7, 11) is 0. The summed E-state index contributed by atoms with van der Waals surface area (Å²) in [5, 5.41) is 12.5. The average molecular weight is 347 g/mol. The fourth-order valence-electron chi connectivity index (χ4n) is 2.31. The van der Waals surface area contributed by atoms with Crippen LogP contribution in [0.15, 0.2) is 0 Å². The Hall–Kier alpha value is -2.20. The molecule has 0 aliphatic carbocycles. The Morgan fingerprint density at radius 1 is 0.958 bits per heavy atom. The minimum atomic E-state index is -1.56. The molecule has 1 fully saturated rings. The second-order valence-electron chi connectivity index (χ2n) is 5.24. The van der Waals surface area contributed by atoms with Crippen molar-refractivity contribution in [2.75, 3.05) is 6.61 Å². The number of rotatable bonds is 5. The molecule has 0 spiro atoms. The molecule has 1 rings (SSSR count). The Kier molecular flexibility index (Phi) is 7.11. The number of esters is 3. The number of aliphatic hydroxyl groups excluding tert-OH is 1. The van der Waals surface area contributed by atoms with Gasteiger partial charge >= 0.3 is 17.9 Å². The molecule has 0 saturated carbocycles. The average Bonchev–Trinajstić information content (AvgIpc) is 2.42. The van der Waals surface area contributed by atoms with Crippen LogP contribution >= 0.6 is 0 Å². The highest BCUT2D eigenvalue weighted by molar-refractivity contribution is 5.73. The lowest BCUT2D eigenvalue weighted by Gasteiger charge is -2.43. The fourth-order valence-corrected chi connectivity index (χ4v) is 2.31. The summed E-state index contributed by atoms with van der Waals surface area (Å²) in [6, 6.07) is -1.16. The van der Waals surface area contributed by atoms with Crippen LogP contribution in [0.4, 0.5) is 0 Å². The van der Waals surface area contributed by atoms with Crippen molar-refractivity contribution in [3.05, 3.63) is 0 Å². The molecule has 1 amide bonds. The van der Waals surface area contributed by atoms with Crippen molar-refractivity contribution in [2.24, 2.45) is 0 Å². The van der Waals surface area contributed by atoms with Crippen LogP contribution in [0.1, 0.15) is 27.7 Å². The molecule has 0 radical (unpaired) electrons. The first-order chi connectivity index (χ1) is 11.1. The maximum Gasteiger partial charge on any atom is 0.303 e. The second kappa shape index (κ2) is 8.60. The summed E-state index contributed by atoms with van der Waals surface area (Å²) in [5.41, 5.74) is 0. The lowest BCUT2D eigenvalue weighted by molar-refractivity contribution is -0.264. The minimum Gasteiger partial charge on any atom is -0.463 e. The third kappa shape index (κ3) is 5.78. The molecular weight excluding hydrogens is 326 g/mol. The van der Waals surface area contributed by atoms with Crippen LogP contribution in [0.2, 0.25) is 0 Å². The molecule has 0 aromatic carbocycles. The molecule has 1 aliphatic rings. The molecule has 24 heavy (non-hydrogen) atoms. The highest BCUT2D eigenvalue weighted by Crippen LogP contribution is 2.26. The molecule has 5 atom stereocenters. The predicted octanol–water partition coefficient (Wildman–Crippen LogP) is -1.37. The van der Waals surface area contributed by atoms with Gasteiger partial charge in [0.2, 0.25) is 5.91 Å². The quantitative estimate of drug-likeness (QED) is 0.456. The number of carbonyl (C=O) groups is 4. The Morgan fingerprint density at radius 2 is 1.50 bits per heavy atom. The third-order valence-corrected chi connectivity index (χ3v) is 3.09. The summed E-state index contributed by atoms with van der Waals surface area (Å²) < 4.78 is 20.3. The smallest absolute Gasteiger partial charge is 0.303 e. The van der Waals surface area contributed by atoms with E-state index in [0.29, 0.717) is 0 Å². The maximum absolute atomic E-state index is 11.4. The predicted molar refractivity (Wildman–Crippen MR) is 76.2 cm³/mol. The highest BCUT2D eigenvalue weighted by Gasteiger charge is 2.50.